The first kappa shape index (κ1) is 27.0. The van der Waals surface area contributed by atoms with E-state index in [0.717, 1.165) is 48.7 Å². The smallest absolute Gasteiger partial charge is 0.124 e. The highest BCUT2D eigenvalue weighted by molar-refractivity contribution is 7.94. The fourth-order valence-corrected chi connectivity index (χ4v) is 4.46. The van der Waals surface area contributed by atoms with Crippen molar-refractivity contribution in [3.63, 3.8) is 0 Å². The number of hydrogen-bond acceptors (Lipinski definition) is 5. The summed E-state index contributed by atoms with van der Waals surface area (Å²) >= 11 is 0.195. The molecule has 3 N–H and O–H groups in total. The van der Waals surface area contributed by atoms with Gasteiger partial charge in [-0.1, -0.05) is 55.1 Å². The van der Waals surface area contributed by atoms with Crippen LogP contribution in [0.5, 0.6) is 5.75 Å². The minimum absolute atomic E-state index is 0.195. The molecule has 0 aliphatic heterocycles. The summed E-state index contributed by atoms with van der Waals surface area (Å²) in [5.41, 5.74) is 4.05. The third kappa shape index (κ3) is 6.96. The summed E-state index contributed by atoms with van der Waals surface area (Å²) in [5, 5.41) is 21.4. The van der Waals surface area contributed by atoms with Crippen LogP contribution in [0.4, 0.5) is 3.89 Å². The summed E-state index contributed by atoms with van der Waals surface area (Å²) in [7, 11) is 0. The molecule has 1 fully saturated rings. The van der Waals surface area contributed by atoms with Crippen molar-refractivity contribution in [1.29, 1.82) is 0 Å². The fourth-order valence-electron chi connectivity index (χ4n) is 4.17. The van der Waals surface area contributed by atoms with Crippen LogP contribution in [0.3, 0.4) is 0 Å². The molecule has 2 aromatic carbocycles. The fraction of sp³-hybridized carbons (Fsp3) is 0.276. The van der Waals surface area contributed by atoms with Crippen LogP contribution >= 0.6 is 12.1 Å². The summed E-state index contributed by atoms with van der Waals surface area (Å²) in [6.07, 6.45) is 14.1. The van der Waals surface area contributed by atoms with Crippen molar-refractivity contribution < 1.29 is 8.99 Å². The van der Waals surface area contributed by atoms with Crippen LogP contribution in [0, 0.1) is 25.7 Å². The van der Waals surface area contributed by atoms with Crippen molar-refractivity contribution >= 4 is 18.0 Å². The van der Waals surface area contributed by atoms with Gasteiger partial charge < -0.3 is 15.7 Å². The lowest BCUT2D eigenvalue weighted by Crippen LogP contribution is -2.24. The number of phenolic OH excluding ortho intramolecular Hbond substituents is 1. The minimum Gasteiger partial charge on any atom is -0.508 e. The Morgan fingerprint density at radius 2 is 1.86 bits per heavy atom. The monoisotopic (exact) mass is 504 g/mol. The lowest BCUT2D eigenvalue weighted by Gasteiger charge is -2.15. The molecule has 3 aromatic rings. The zero-order valence-electron chi connectivity index (χ0n) is 20.5. The molecule has 1 heterocycles. The number of allylic oxidation sites excluding steroid dienone is 2. The molecule has 2 atom stereocenters. The number of nitrogens with zero attached hydrogens (tertiary/aromatic N) is 2. The standard InChI is InChI=1S/C27H31FN4OS.C2H2/c1-19(23-17-24(23)21-9-4-3-5-10-21)29-15-8-16-30-27(32-20(2)26(34-28)18-31-32)14-13-22-11-6-7-12-25(22)33;1-2/h3-7,9-12,14,18,23-24,29-30,33H,1,8,13,15-17H2,2H3;1-2H/b27-14-;/t23?,24-;/m0./s1. The number of hydrogen-bond donors (Lipinski definition) is 3. The highest BCUT2D eigenvalue weighted by Gasteiger charge is 2.40. The van der Waals surface area contributed by atoms with E-state index < -0.39 is 0 Å². The van der Waals surface area contributed by atoms with Crippen LogP contribution in [0.25, 0.3) is 5.82 Å². The van der Waals surface area contributed by atoms with Gasteiger partial charge in [0.2, 0.25) is 0 Å². The van der Waals surface area contributed by atoms with Gasteiger partial charge in [-0.2, -0.15) is 8.98 Å². The van der Waals surface area contributed by atoms with Crippen LogP contribution in [0.15, 0.2) is 84.0 Å². The van der Waals surface area contributed by atoms with Crippen LogP contribution in [-0.2, 0) is 6.42 Å². The summed E-state index contributed by atoms with van der Waals surface area (Å²) < 4.78 is 14.9. The number of halogens is 1. The first-order valence-electron chi connectivity index (χ1n) is 11.9. The van der Waals surface area contributed by atoms with E-state index in [4.69, 9.17) is 0 Å². The van der Waals surface area contributed by atoms with Crippen LogP contribution in [0.2, 0.25) is 0 Å². The molecule has 0 amide bonds. The van der Waals surface area contributed by atoms with E-state index in [1.165, 1.54) is 11.8 Å². The van der Waals surface area contributed by atoms with Crippen molar-refractivity contribution in [1.82, 2.24) is 20.4 Å². The Hall–Kier alpha value is -3.63. The molecule has 1 aromatic heterocycles. The molecule has 5 nitrogen and oxygen atoms in total. The summed E-state index contributed by atoms with van der Waals surface area (Å²) in [5.74, 6) is 2.11. The Labute approximate surface area is 217 Å². The van der Waals surface area contributed by atoms with Crippen LogP contribution in [0.1, 0.15) is 35.6 Å². The number of phenols is 1. The summed E-state index contributed by atoms with van der Waals surface area (Å²) in [6, 6.07) is 17.9. The third-order valence-corrected chi connectivity index (χ3v) is 6.83. The topological polar surface area (TPSA) is 62.1 Å². The maximum absolute atomic E-state index is 13.2. The minimum atomic E-state index is 0.195. The molecule has 1 aliphatic carbocycles. The predicted molar refractivity (Wildman–Crippen MR) is 147 cm³/mol. The van der Waals surface area contributed by atoms with E-state index in [9.17, 15) is 8.99 Å². The molecule has 188 valence electrons. The maximum Gasteiger partial charge on any atom is 0.124 e. The molecule has 0 spiro atoms. The van der Waals surface area contributed by atoms with Crippen molar-refractivity contribution in [2.45, 2.75) is 37.0 Å². The Balaban J connectivity index is 0.00000176. The molecule has 36 heavy (non-hydrogen) atoms. The van der Waals surface area contributed by atoms with Gasteiger partial charge >= 0.3 is 0 Å². The molecule has 4 rings (SSSR count). The third-order valence-electron chi connectivity index (χ3n) is 6.26. The van der Waals surface area contributed by atoms with Crippen molar-refractivity contribution in [2.24, 2.45) is 5.92 Å². The summed E-state index contributed by atoms with van der Waals surface area (Å²) in [4.78, 5) is 0.491. The molecule has 0 bridgehead atoms. The molecule has 7 heteroatoms. The Bertz CT molecular complexity index is 1190. The zero-order chi connectivity index (χ0) is 25.9. The van der Waals surface area contributed by atoms with Gasteiger partial charge in [0.25, 0.3) is 0 Å². The second-order valence-electron chi connectivity index (χ2n) is 8.60. The van der Waals surface area contributed by atoms with Crippen molar-refractivity contribution in [2.75, 3.05) is 13.1 Å². The van der Waals surface area contributed by atoms with Gasteiger partial charge in [0.15, 0.2) is 0 Å². The number of aromatic nitrogens is 2. The lowest BCUT2D eigenvalue weighted by atomic mass is 10.1. The largest absolute Gasteiger partial charge is 0.508 e. The van der Waals surface area contributed by atoms with Gasteiger partial charge in [0, 0.05) is 24.7 Å². The summed E-state index contributed by atoms with van der Waals surface area (Å²) in [6.45, 7) is 7.63. The van der Waals surface area contributed by atoms with E-state index in [1.807, 2.05) is 31.2 Å². The zero-order valence-corrected chi connectivity index (χ0v) is 21.3. The molecule has 1 unspecified atom stereocenters. The number of benzene rings is 2. The molecule has 0 saturated heterocycles. The second kappa shape index (κ2) is 13.5. The average molecular weight is 505 g/mol. The number of terminal acetylenes is 1. The van der Waals surface area contributed by atoms with Gasteiger partial charge in [0.1, 0.15) is 11.6 Å². The van der Waals surface area contributed by atoms with Gasteiger partial charge in [-0.15, -0.1) is 12.8 Å². The van der Waals surface area contributed by atoms with Gasteiger partial charge in [-0.05, 0) is 55.4 Å². The quantitative estimate of drug-likeness (QED) is 0.207. The maximum atomic E-state index is 13.2. The normalized spacial score (nSPS) is 16.5. The Kier molecular flexibility index (Phi) is 10.1. The van der Waals surface area contributed by atoms with Gasteiger partial charge in [-0.25, -0.2) is 4.68 Å². The first-order chi connectivity index (χ1) is 17.6. The SMILES string of the molecule is C#C.C=C(NCCCN/C(=C/Cc1ccccc1O)n1ncc(SF)c1C)C1C[C@H]1c1ccccc1. The predicted octanol–water partition coefficient (Wildman–Crippen LogP) is 6.05. The highest BCUT2D eigenvalue weighted by Crippen LogP contribution is 2.50. The van der Waals surface area contributed by atoms with Crippen LogP contribution < -0.4 is 10.6 Å². The van der Waals surface area contributed by atoms with E-state index in [0.29, 0.717) is 23.2 Å². The van der Waals surface area contributed by atoms with Gasteiger partial charge in [-0.3, -0.25) is 0 Å². The average Bonchev–Trinajstić information content (AvgIpc) is 3.64. The Morgan fingerprint density at radius 1 is 1.17 bits per heavy atom. The van der Waals surface area contributed by atoms with Crippen molar-refractivity contribution in [3.05, 3.63) is 96.0 Å². The lowest BCUT2D eigenvalue weighted by molar-refractivity contribution is 0.469. The van der Waals surface area contributed by atoms with E-state index in [1.54, 1.807) is 16.8 Å². The number of aromatic hydroxyl groups is 1. The van der Waals surface area contributed by atoms with E-state index in [2.05, 4.69) is 59.4 Å². The molecule has 0 radical (unpaired) electrons. The molecule has 1 saturated carbocycles. The van der Waals surface area contributed by atoms with E-state index >= 15 is 0 Å². The molecule has 1 aliphatic rings. The number of nitrogens with one attached hydrogen (secondary N) is 2. The van der Waals surface area contributed by atoms with Crippen molar-refractivity contribution in [3.8, 4) is 18.6 Å². The first-order valence-corrected chi connectivity index (χ1v) is 12.7. The molecular weight excluding hydrogens is 471 g/mol. The number of rotatable bonds is 12. The molecular formula is C29H33FN4OS. The second-order valence-corrected chi connectivity index (χ2v) is 9.19. The number of para-hydroxylation sites is 1. The van der Waals surface area contributed by atoms with Gasteiger partial charge in [0.05, 0.1) is 28.9 Å². The highest BCUT2D eigenvalue weighted by atomic mass is 32.2. The van der Waals surface area contributed by atoms with Crippen LogP contribution in [-0.4, -0.2) is 28.0 Å². The Morgan fingerprint density at radius 3 is 2.56 bits per heavy atom. The van der Waals surface area contributed by atoms with E-state index in [-0.39, 0.29) is 17.9 Å².